The topological polar surface area (TPSA) is 76.7 Å². The maximum atomic E-state index is 11.8. The molecular weight excluding hydrogens is 320 g/mol. The maximum absolute atomic E-state index is 11.8. The van der Waals surface area contributed by atoms with E-state index in [1.165, 1.54) is 0 Å². The number of methoxy groups -OCH3 is 1. The molecule has 0 aliphatic rings. The lowest BCUT2D eigenvalue weighted by atomic mass is 10.1. The minimum atomic E-state index is -0.420. The second-order valence-electron chi connectivity index (χ2n) is 5.55. The molecule has 25 heavy (non-hydrogen) atoms. The molecule has 132 valence electrons. The Kier molecular flexibility index (Phi) is 6.83. The molecule has 0 bridgehead atoms. The van der Waals surface area contributed by atoms with Crippen LogP contribution in [0.3, 0.4) is 0 Å². The Morgan fingerprint density at radius 3 is 2.44 bits per heavy atom. The molecule has 2 amide bonds. The smallest absolute Gasteiger partial charge is 0.276 e. The zero-order chi connectivity index (χ0) is 18.1. The van der Waals surface area contributed by atoms with E-state index in [9.17, 15) is 9.59 Å². The highest BCUT2D eigenvalue weighted by molar-refractivity contribution is 5.82. The number of hydrogen-bond donors (Lipinski definition) is 2. The van der Waals surface area contributed by atoms with Gasteiger partial charge < -0.3 is 9.47 Å². The van der Waals surface area contributed by atoms with Gasteiger partial charge in [0.15, 0.2) is 6.61 Å². The van der Waals surface area contributed by atoms with Crippen molar-refractivity contribution in [1.29, 1.82) is 0 Å². The summed E-state index contributed by atoms with van der Waals surface area (Å²) in [6, 6.07) is 14.9. The summed E-state index contributed by atoms with van der Waals surface area (Å²) in [5.41, 5.74) is 6.75. The van der Waals surface area contributed by atoms with Gasteiger partial charge in [0.1, 0.15) is 11.5 Å². The molecule has 0 saturated heterocycles. The van der Waals surface area contributed by atoms with Gasteiger partial charge in [0.2, 0.25) is 5.91 Å². The van der Waals surface area contributed by atoms with Crippen molar-refractivity contribution in [1.82, 2.24) is 10.9 Å². The van der Waals surface area contributed by atoms with E-state index in [4.69, 9.17) is 9.47 Å². The molecule has 2 aromatic rings. The molecule has 0 aromatic heterocycles. The van der Waals surface area contributed by atoms with Crippen molar-refractivity contribution in [3.63, 3.8) is 0 Å². The second kappa shape index (κ2) is 9.32. The first-order valence-corrected chi connectivity index (χ1v) is 7.97. The quantitative estimate of drug-likeness (QED) is 0.756. The van der Waals surface area contributed by atoms with Crippen LogP contribution in [0.4, 0.5) is 0 Å². The molecule has 0 heterocycles. The van der Waals surface area contributed by atoms with Crippen molar-refractivity contribution in [2.75, 3.05) is 13.7 Å². The minimum Gasteiger partial charge on any atom is -0.497 e. The number of nitrogens with one attached hydrogen (secondary N) is 2. The third kappa shape index (κ3) is 6.55. The summed E-state index contributed by atoms with van der Waals surface area (Å²) in [4.78, 5) is 23.5. The van der Waals surface area contributed by atoms with Gasteiger partial charge in [0, 0.05) is 6.42 Å². The molecule has 6 heteroatoms. The van der Waals surface area contributed by atoms with Crippen LogP contribution in [0, 0.1) is 6.92 Å². The van der Waals surface area contributed by atoms with Crippen molar-refractivity contribution in [2.24, 2.45) is 0 Å². The Labute approximate surface area is 147 Å². The molecular formula is C19H22N2O4. The standard InChI is InChI=1S/C19H22N2O4/c1-14-5-3-8-17(11-14)25-13-19(23)21-20-18(22)10-9-15-6-4-7-16(12-15)24-2/h3-8,11-12H,9-10,13H2,1-2H3,(H,20,22)(H,21,23). The third-order valence-electron chi connectivity index (χ3n) is 3.48. The summed E-state index contributed by atoms with van der Waals surface area (Å²) in [6.45, 7) is 1.77. The molecule has 0 spiro atoms. The van der Waals surface area contributed by atoms with E-state index in [1.54, 1.807) is 13.2 Å². The number of rotatable bonds is 7. The van der Waals surface area contributed by atoms with Gasteiger partial charge in [-0.2, -0.15) is 0 Å². The van der Waals surface area contributed by atoms with Crippen molar-refractivity contribution in [2.45, 2.75) is 19.8 Å². The summed E-state index contributed by atoms with van der Waals surface area (Å²) >= 11 is 0. The van der Waals surface area contributed by atoms with Crippen LogP contribution in [0.1, 0.15) is 17.5 Å². The van der Waals surface area contributed by atoms with E-state index in [-0.39, 0.29) is 18.9 Å². The average molecular weight is 342 g/mol. The monoisotopic (exact) mass is 342 g/mol. The largest absolute Gasteiger partial charge is 0.497 e. The summed E-state index contributed by atoms with van der Waals surface area (Å²) in [5, 5.41) is 0. The SMILES string of the molecule is COc1cccc(CCC(=O)NNC(=O)COc2cccc(C)c2)c1. The Hall–Kier alpha value is -3.02. The first kappa shape index (κ1) is 18.3. The van der Waals surface area contributed by atoms with E-state index in [0.717, 1.165) is 16.9 Å². The molecule has 0 radical (unpaired) electrons. The zero-order valence-electron chi connectivity index (χ0n) is 14.4. The number of benzene rings is 2. The Morgan fingerprint density at radius 2 is 1.68 bits per heavy atom. The average Bonchev–Trinajstić information content (AvgIpc) is 2.63. The van der Waals surface area contributed by atoms with E-state index in [0.29, 0.717) is 12.2 Å². The molecule has 0 unspecified atom stereocenters. The number of carbonyl (C=O) groups is 2. The van der Waals surface area contributed by atoms with Crippen LogP contribution in [0.5, 0.6) is 11.5 Å². The predicted octanol–water partition coefficient (Wildman–Crippen LogP) is 2.16. The Morgan fingerprint density at radius 1 is 0.960 bits per heavy atom. The first-order chi connectivity index (χ1) is 12.1. The number of ether oxygens (including phenoxy) is 2. The van der Waals surface area contributed by atoms with Gasteiger partial charge in [-0.1, -0.05) is 24.3 Å². The highest BCUT2D eigenvalue weighted by atomic mass is 16.5. The molecule has 2 aromatic carbocycles. The van der Waals surface area contributed by atoms with Gasteiger partial charge in [0.05, 0.1) is 7.11 Å². The fraction of sp³-hybridized carbons (Fsp3) is 0.263. The van der Waals surface area contributed by atoms with Crippen LogP contribution in [-0.2, 0) is 16.0 Å². The van der Waals surface area contributed by atoms with Crippen LogP contribution >= 0.6 is 0 Å². The molecule has 2 N–H and O–H groups in total. The van der Waals surface area contributed by atoms with Gasteiger partial charge in [0.25, 0.3) is 5.91 Å². The van der Waals surface area contributed by atoms with E-state index in [2.05, 4.69) is 10.9 Å². The van der Waals surface area contributed by atoms with Gasteiger partial charge in [-0.15, -0.1) is 0 Å². The normalized spacial score (nSPS) is 10.0. The summed E-state index contributed by atoms with van der Waals surface area (Å²) in [5.74, 6) is 0.668. The van der Waals surface area contributed by atoms with Crippen LogP contribution in [0.25, 0.3) is 0 Å². The zero-order valence-corrected chi connectivity index (χ0v) is 14.4. The molecule has 2 rings (SSSR count). The second-order valence-corrected chi connectivity index (χ2v) is 5.55. The third-order valence-corrected chi connectivity index (χ3v) is 3.48. The fourth-order valence-corrected chi connectivity index (χ4v) is 2.18. The highest BCUT2D eigenvalue weighted by Gasteiger charge is 2.06. The van der Waals surface area contributed by atoms with Crippen molar-refractivity contribution in [3.05, 3.63) is 59.7 Å². The van der Waals surface area contributed by atoms with E-state index >= 15 is 0 Å². The lowest BCUT2D eigenvalue weighted by Gasteiger charge is -2.09. The van der Waals surface area contributed by atoms with Crippen LogP contribution in [0.15, 0.2) is 48.5 Å². The molecule has 0 atom stereocenters. The molecule has 0 fully saturated rings. The molecule has 0 aliphatic carbocycles. The van der Waals surface area contributed by atoms with Crippen LogP contribution < -0.4 is 20.3 Å². The van der Waals surface area contributed by atoms with Crippen LogP contribution in [-0.4, -0.2) is 25.5 Å². The summed E-state index contributed by atoms with van der Waals surface area (Å²) in [7, 11) is 1.60. The number of hydrogen-bond acceptors (Lipinski definition) is 4. The van der Waals surface area contributed by atoms with E-state index < -0.39 is 5.91 Å². The molecule has 0 saturated carbocycles. The van der Waals surface area contributed by atoms with Crippen molar-refractivity contribution < 1.29 is 19.1 Å². The predicted molar refractivity (Wildman–Crippen MR) is 94.3 cm³/mol. The number of amides is 2. The van der Waals surface area contributed by atoms with Gasteiger partial charge in [-0.3, -0.25) is 20.4 Å². The van der Waals surface area contributed by atoms with Crippen LogP contribution in [0.2, 0.25) is 0 Å². The molecule has 0 aliphatic heterocycles. The highest BCUT2D eigenvalue weighted by Crippen LogP contribution is 2.14. The minimum absolute atomic E-state index is 0.167. The summed E-state index contributed by atoms with van der Waals surface area (Å²) < 4.78 is 10.5. The van der Waals surface area contributed by atoms with Gasteiger partial charge >= 0.3 is 0 Å². The van der Waals surface area contributed by atoms with Gasteiger partial charge in [-0.25, -0.2) is 0 Å². The Bertz CT molecular complexity index is 731. The maximum Gasteiger partial charge on any atom is 0.276 e. The number of aryl methyl sites for hydroxylation is 2. The van der Waals surface area contributed by atoms with Gasteiger partial charge in [-0.05, 0) is 48.7 Å². The number of carbonyl (C=O) groups excluding carboxylic acids is 2. The van der Waals surface area contributed by atoms with Crippen molar-refractivity contribution >= 4 is 11.8 Å². The lowest BCUT2D eigenvalue weighted by Crippen LogP contribution is -2.43. The summed E-state index contributed by atoms with van der Waals surface area (Å²) in [6.07, 6.45) is 0.810. The number of hydrazine groups is 1. The molecule has 6 nitrogen and oxygen atoms in total. The Balaban J connectivity index is 1.67. The first-order valence-electron chi connectivity index (χ1n) is 7.97. The van der Waals surface area contributed by atoms with E-state index in [1.807, 2.05) is 49.4 Å². The fourth-order valence-electron chi connectivity index (χ4n) is 2.18. The van der Waals surface area contributed by atoms with Crippen molar-refractivity contribution in [3.8, 4) is 11.5 Å². The lowest BCUT2D eigenvalue weighted by molar-refractivity contribution is -0.130.